The van der Waals surface area contributed by atoms with Crippen molar-refractivity contribution < 1.29 is 9.53 Å². The van der Waals surface area contributed by atoms with Gasteiger partial charge in [0.05, 0.1) is 6.61 Å². The standard InChI is InChI=1S/C18H21NO2/c1-3-18(20)16-7-9-17(10-8-16)19-12-14-5-4-6-15(11-14)13-21-2/h4-11,19H,3,12-13H2,1-2H3. The largest absolute Gasteiger partial charge is 0.381 e. The number of Topliss-reactive ketones (excluding diaryl/α,β-unsaturated/α-hetero) is 1. The van der Waals surface area contributed by atoms with Crippen molar-refractivity contribution in [2.24, 2.45) is 0 Å². The maximum atomic E-state index is 11.6. The van der Waals surface area contributed by atoms with Crippen LogP contribution in [0.1, 0.15) is 34.8 Å². The van der Waals surface area contributed by atoms with Crippen molar-refractivity contribution in [1.29, 1.82) is 0 Å². The van der Waals surface area contributed by atoms with Gasteiger partial charge in [0.15, 0.2) is 5.78 Å². The minimum absolute atomic E-state index is 0.175. The minimum Gasteiger partial charge on any atom is -0.381 e. The van der Waals surface area contributed by atoms with Gasteiger partial charge in [-0.25, -0.2) is 0 Å². The number of hydrogen-bond donors (Lipinski definition) is 1. The molecule has 110 valence electrons. The van der Waals surface area contributed by atoms with Crippen molar-refractivity contribution in [3.63, 3.8) is 0 Å². The van der Waals surface area contributed by atoms with Crippen LogP contribution in [0.15, 0.2) is 48.5 Å². The number of benzene rings is 2. The van der Waals surface area contributed by atoms with Gasteiger partial charge in [-0.1, -0.05) is 31.2 Å². The highest BCUT2D eigenvalue weighted by Crippen LogP contribution is 2.13. The highest BCUT2D eigenvalue weighted by atomic mass is 16.5. The average molecular weight is 283 g/mol. The number of methoxy groups -OCH3 is 1. The summed E-state index contributed by atoms with van der Waals surface area (Å²) in [6.45, 7) is 3.25. The van der Waals surface area contributed by atoms with Gasteiger partial charge in [0, 0.05) is 31.3 Å². The van der Waals surface area contributed by atoms with Crippen molar-refractivity contribution in [2.45, 2.75) is 26.5 Å². The molecular formula is C18H21NO2. The van der Waals surface area contributed by atoms with Crippen LogP contribution in [0.5, 0.6) is 0 Å². The van der Waals surface area contributed by atoms with Gasteiger partial charge >= 0.3 is 0 Å². The Balaban J connectivity index is 1.96. The molecule has 0 bridgehead atoms. The van der Waals surface area contributed by atoms with Gasteiger partial charge in [0.25, 0.3) is 0 Å². The first-order chi connectivity index (χ1) is 10.2. The fraction of sp³-hybridized carbons (Fsp3) is 0.278. The fourth-order valence-electron chi connectivity index (χ4n) is 2.18. The van der Waals surface area contributed by atoms with Crippen LogP contribution >= 0.6 is 0 Å². The van der Waals surface area contributed by atoms with Crippen LogP contribution in [0.4, 0.5) is 5.69 Å². The van der Waals surface area contributed by atoms with Crippen molar-refractivity contribution in [1.82, 2.24) is 0 Å². The molecule has 21 heavy (non-hydrogen) atoms. The quantitative estimate of drug-likeness (QED) is 0.779. The smallest absolute Gasteiger partial charge is 0.162 e. The number of ether oxygens (including phenoxy) is 1. The molecule has 2 aromatic rings. The molecule has 1 N–H and O–H groups in total. The van der Waals surface area contributed by atoms with E-state index >= 15 is 0 Å². The number of rotatable bonds is 7. The van der Waals surface area contributed by atoms with E-state index in [1.54, 1.807) is 7.11 Å². The molecule has 0 saturated heterocycles. The van der Waals surface area contributed by atoms with Gasteiger partial charge in [0.1, 0.15) is 0 Å². The van der Waals surface area contributed by atoms with E-state index in [9.17, 15) is 4.79 Å². The van der Waals surface area contributed by atoms with E-state index in [1.807, 2.05) is 37.3 Å². The predicted molar refractivity (Wildman–Crippen MR) is 85.5 cm³/mol. The first kappa shape index (κ1) is 15.3. The van der Waals surface area contributed by atoms with Crippen molar-refractivity contribution in [2.75, 3.05) is 12.4 Å². The second-order valence-corrected chi connectivity index (χ2v) is 4.96. The third kappa shape index (κ3) is 4.43. The monoisotopic (exact) mass is 283 g/mol. The molecule has 0 spiro atoms. The zero-order valence-corrected chi connectivity index (χ0v) is 12.6. The molecular weight excluding hydrogens is 262 g/mol. The molecule has 0 aliphatic heterocycles. The van der Waals surface area contributed by atoms with Crippen LogP contribution < -0.4 is 5.32 Å². The van der Waals surface area contributed by atoms with E-state index in [-0.39, 0.29) is 5.78 Å². The Morgan fingerprint density at radius 2 is 1.81 bits per heavy atom. The lowest BCUT2D eigenvalue weighted by atomic mass is 10.1. The molecule has 2 aromatic carbocycles. The Kier molecular flexibility index (Phi) is 5.52. The van der Waals surface area contributed by atoms with E-state index in [0.29, 0.717) is 13.0 Å². The van der Waals surface area contributed by atoms with E-state index in [1.165, 1.54) is 11.1 Å². The highest BCUT2D eigenvalue weighted by molar-refractivity contribution is 5.96. The Bertz CT molecular complexity index is 590. The van der Waals surface area contributed by atoms with Crippen LogP contribution in [0, 0.1) is 0 Å². The van der Waals surface area contributed by atoms with Crippen LogP contribution in [0.2, 0.25) is 0 Å². The van der Waals surface area contributed by atoms with Gasteiger partial charge in [-0.3, -0.25) is 4.79 Å². The maximum Gasteiger partial charge on any atom is 0.162 e. The molecule has 0 radical (unpaired) electrons. The van der Waals surface area contributed by atoms with Gasteiger partial charge in [-0.05, 0) is 35.4 Å². The molecule has 3 heteroatoms. The summed E-state index contributed by atoms with van der Waals surface area (Å²) in [7, 11) is 1.70. The SMILES string of the molecule is CCC(=O)c1ccc(NCc2cccc(COC)c2)cc1. The second-order valence-electron chi connectivity index (χ2n) is 4.96. The summed E-state index contributed by atoms with van der Waals surface area (Å²) in [4.78, 5) is 11.6. The molecule has 0 aliphatic rings. The topological polar surface area (TPSA) is 38.3 Å². The third-order valence-electron chi connectivity index (χ3n) is 3.33. The van der Waals surface area contributed by atoms with Crippen molar-refractivity contribution in [3.05, 3.63) is 65.2 Å². The molecule has 0 aliphatic carbocycles. The molecule has 2 rings (SSSR count). The van der Waals surface area contributed by atoms with Gasteiger partial charge in [0.2, 0.25) is 0 Å². The first-order valence-electron chi connectivity index (χ1n) is 7.17. The Morgan fingerprint density at radius 3 is 2.48 bits per heavy atom. The summed E-state index contributed by atoms with van der Waals surface area (Å²) >= 11 is 0. The van der Waals surface area contributed by atoms with E-state index in [4.69, 9.17) is 4.74 Å². The Morgan fingerprint density at radius 1 is 1.10 bits per heavy atom. The summed E-state index contributed by atoms with van der Waals surface area (Å²) in [5.41, 5.74) is 4.16. The van der Waals surface area contributed by atoms with Crippen LogP contribution in [-0.4, -0.2) is 12.9 Å². The molecule has 0 fully saturated rings. The lowest BCUT2D eigenvalue weighted by Crippen LogP contribution is -2.01. The Labute approximate surface area is 126 Å². The lowest BCUT2D eigenvalue weighted by molar-refractivity contribution is 0.0988. The van der Waals surface area contributed by atoms with Gasteiger partial charge in [-0.15, -0.1) is 0 Å². The first-order valence-corrected chi connectivity index (χ1v) is 7.17. The number of nitrogens with one attached hydrogen (secondary N) is 1. The Hall–Kier alpha value is -2.13. The van der Waals surface area contributed by atoms with Crippen molar-refractivity contribution >= 4 is 11.5 Å². The predicted octanol–water partition coefficient (Wildman–Crippen LogP) is 4.04. The van der Waals surface area contributed by atoms with E-state index < -0.39 is 0 Å². The third-order valence-corrected chi connectivity index (χ3v) is 3.33. The minimum atomic E-state index is 0.175. The molecule has 0 saturated carbocycles. The molecule has 0 aromatic heterocycles. The molecule has 0 atom stereocenters. The second kappa shape index (κ2) is 7.60. The van der Waals surface area contributed by atoms with Gasteiger partial charge < -0.3 is 10.1 Å². The summed E-state index contributed by atoms with van der Waals surface area (Å²) in [5, 5.41) is 3.36. The lowest BCUT2D eigenvalue weighted by Gasteiger charge is -2.09. The maximum absolute atomic E-state index is 11.6. The van der Waals surface area contributed by atoms with E-state index in [2.05, 4.69) is 23.5 Å². The molecule has 0 amide bonds. The fourth-order valence-corrected chi connectivity index (χ4v) is 2.18. The van der Waals surface area contributed by atoms with Gasteiger partial charge in [-0.2, -0.15) is 0 Å². The zero-order valence-electron chi connectivity index (χ0n) is 12.6. The molecule has 0 heterocycles. The number of carbonyl (C=O) groups is 1. The molecule has 3 nitrogen and oxygen atoms in total. The number of ketones is 1. The molecule has 0 unspecified atom stereocenters. The summed E-state index contributed by atoms with van der Waals surface area (Å²) in [6.07, 6.45) is 0.541. The van der Waals surface area contributed by atoms with Crippen LogP contribution in [0.3, 0.4) is 0 Å². The summed E-state index contributed by atoms with van der Waals surface area (Å²) in [5.74, 6) is 0.175. The van der Waals surface area contributed by atoms with Crippen LogP contribution in [0.25, 0.3) is 0 Å². The average Bonchev–Trinajstić information content (AvgIpc) is 2.53. The van der Waals surface area contributed by atoms with E-state index in [0.717, 1.165) is 17.8 Å². The summed E-state index contributed by atoms with van der Waals surface area (Å²) in [6, 6.07) is 15.9. The normalized spacial score (nSPS) is 10.4. The number of anilines is 1. The van der Waals surface area contributed by atoms with Crippen molar-refractivity contribution in [3.8, 4) is 0 Å². The summed E-state index contributed by atoms with van der Waals surface area (Å²) < 4.78 is 5.14. The number of carbonyl (C=O) groups excluding carboxylic acids is 1. The van der Waals surface area contributed by atoms with Crippen LogP contribution in [-0.2, 0) is 17.9 Å². The highest BCUT2D eigenvalue weighted by Gasteiger charge is 2.02. The number of hydrogen-bond acceptors (Lipinski definition) is 3. The zero-order chi connectivity index (χ0) is 15.1.